The molecule has 0 unspecified atom stereocenters. The van der Waals surface area contributed by atoms with Crippen molar-refractivity contribution < 1.29 is 9.84 Å². The normalized spacial score (nSPS) is 11.6. The zero-order valence-electron chi connectivity index (χ0n) is 11.5. The van der Waals surface area contributed by atoms with Crippen LogP contribution in [0.4, 0.5) is 0 Å². The first-order valence-corrected chi connectivity index (χ1v) is 6.72. The molecule has 2 nitrogen and oxygen atoms in total. The highest BCUT2D eigenvalue weighted by atomic mass is 16.5. The molecule has 0 saturated carbocycles. The monoisotopic (exact) mass is 248 g/mol. The van der Waals surface area contributed by atoms with Crippen molar-refractivity contribution in [2.24, 2.45) is 0 Å². The van der Waals surface area contributed by atoms with E-state index in [1.807, 2.05) is 12.1 Å². The standard InChI is InChI=1S/C16H24O2/c1-3-14(8-6-4-5-7-13-17)15-9-11-16(18-2)12-10-15/h3,9-12,17H,4-8,13H2,1-2H3/b14-3+. The molecular formula is C16H24O2. The number of aliphatic hydroxyl groups is 1. The third-order valence-corrected chi connectivity index (χ3v) is 3.16. The largest absolute Gasteiger partial charge is 0.497 e. The minimum atomic E-state index is 0.314. The number of benzene rings is 1. The third-order valence-electron chi connectivity index (χ3n) is 3.16. The maximum Gasteiger partial charge on any atom is 0.118 e. The van der Waals surface area contributed by atoms with Crippen molar-refractivity contribution in [1.29, 1.82) is 0 Å². The molecular weight excluding hydrogens is 224 g/mol. The van der Waals surface area contributed by atoms with Crippen LogP contribution in [0.15, 0.2) is 30.3 Å². The van der Waals surface area contributed by atoms with E-state index in [1.54, 1.807) is 7.11 Å². The highest BCUT2D eigenvalue weighted by Gasteiger charge is 2.01. The van der Waals surface area contributed by atoms with E-state index in [0.29, 0.717) is 6.61 Å². The highest BCUT2D eigenvalue weighted by molar-refractivity contribution is 5.65. The summed E-state index contributed by atoms with van der Waals surface area (Å²) in [6.07, 6.45) is 7.71. The summed E-state index contributed by atoms with van der Waals surface area (Å²) >= 11 is 0. The molecule has 0 aromatic heterocycles. The minimum Gasteiger partial charge on any atom is -0.497 e. The molecule has 0 radical (unpaired) electrons. The number of ether oxygens (including phenoxy) is 1. The molecule has 0 heterocycles. The van der Waals surface area contributed by atoms with Gasteiger partial charge in [-0.25, -0.2) is 0 Å². The van der Waals surface area contributed by atoms with Crippen LogP contribution in [0, 0.1) is 0 Å². The van der Waals surface area contributed by atoms with Crippen LogP contribution in [0.2, 0.25) is 0 Å². The first-order chi connectivity index (χ1) is 8.81. The minimum absolute atomic E-state index is 0.314. The summed E-state index contributed by atoms with van der Waals surface area (Å²) in [5.41, 5.74) is 2.67. The fourth-order valence-corrected chi connectivity index (χ4v) is 2.04. The Morgan fingerprint density at radius 1 is 1.11 bits per heavy atom. The molecule has 0 spiro atoms. The third kappa shape index (κ3) is 4.92. The lowest BCUT2D eigenvalue weighted by Crippen LogP contribution is -1.88. The second kappa shape index (κ2) is 8.76. The van der Waals surface area contributed by atoms with Gasteiger partial charge in [0.25, 0.3) is 0 Å². The molecule has 0 aliphatic heterocycles. The summed E-state index contributed by atoms with van der Waals surface area (Å²) in [7, 11) is 1.69. The van der Waals surface area contributed by atoms with Gasteiger partial charge >= 0.3 is 0 Å². The second-order valence-corrected chi connectivity index (χ2v) is 4.43. The molecule has 0 saturated heterocycles. The van der Waals surface area contributed by atoms with Crippen molar-refractivity contribution in [3.05, 3.63) is 35.9 Å². The Bertz CT molecular complexity index is 352. The maximum absolute atomic E-state index is 8.73. The van der Waals surface area contributed by atoms with Crippen LogP contribution in [-0.2, 0) is 0 Å². The van der Waals surface area contributed by atoms with Gasteiger partial charge in [-0.1, -0.05) is 31.1 Å². The number of rotatable bonds is 8. The Kier molecular flexibility index (Phi) is 7.19. The molecule has 0 bridgehead atoms. The van der Waals surface area contributed by atoms with Crippen LogP contribution in [0.5, 0.6) is 5.75 Å². The molecule has 18 heavy (non-hydrogen) atoms. The van der Waals surface area contributed by atoms with Gasteiger partial charge in [0.1, 0.15) is 5.75 Å². The number of hydrogen-bond acceptors (Lipinski definition) is 2. The van der Waals surface area contributed by atoms with Crippen LogP contribution in [0.25, 0.3) is 5.57 Å². The van der Waals surface area contributed by atoms with Crippen molar-refractivity contribution in [2.45, 2.75) is 39.0 Å². The van der Waals surface area contributed by atoms with E-state index >= 15 is 0 Å². The van der Waals surface area contributed by atoms with Crippen molar-refractivity contribution in [3.63, 3.8) is 0 Å². The van der Waals surface area contributed by atoms with Gasteiger partial charge in [0.15, 0.2) is 0 Å². The number of allylic oxidation sites excluding steroid dienone is 2. The molecule has 1 N–H and O–H groups in total. The van der Waals surface area contributed by atoms with Crippen LogP contribution in [0.1, 0.15) is 44.6 Å². The second-order valence-electron chi connectivity index (χ2n) is 4.43. The first kappa shape index (κ1) is 14.8. The molecule has 0 aliphatic carbocycles. The van der Waals surface area contributed by atoms with Gasteiger partial charge in [-0.3, -0.25) is 0 Å². The Balaban J connectivity index is 2.45. The Morgan fingerprint density at radius 2 is 1.78 bits per heavy atom. The zero-order chi connectivity index (χ0) is 13.2. The summed E-state index contributed by atoms with van der Waals surface area (Å²) in [5, 5.41) is 8.73. The van der Waals surface area contributed by atoms with E-state index in [9.17, 15) is 0 Å². The number of methoxy groups -OCH3 is 1. The first-order valence-electron chi connectivity index (χ1n) is 6.72. The van der Waals surface area contributed by atoms with Gasteiger partial charge in [-0.2, -0.15) is 0 Å². The number of hydrogen-bond donors (Lipinski definition) is 1. The van der Waals surface area contributed by atoms with E-state index in [-0.39, 0.29) is 0 Å². The van der Waals surface area contributed by atoms with Gasteiger partial charge in [0.05, 0.1) is 7.11 Å². The summed E-state index contributed by atoms with van der Waals surface area (Å²) < 4.78 is 5.16. The topological polar surface area (TPSA) is 29.5 Å². The number of unbranched alkanes of at least 4 members (excludes halogenated alkanes) is 3. The van der Waals surface area contributed by atoms with Gasteiger partial charge in [-0.15, -0.1) is 0 Å². The summed E-state index contributed by atoms with van der Waals surface area (Å²) in [6, 6.07) is 8.24. The maximum atomic E-state index is 8.73. The average Bonchev–Trinajstić information content (AvgIpc) is 2.43. The van der Waals surface area contributed by atoms with Crippen LogP contribution < -0.4 is 4.74 Å². The molecule has 0 atom stereocenters. The van der Waals surface area contributed by atoms with Crippen LogP contribution in [-0.4, -0.2) is 18.8 Å². The van der Waals surface area contributed by atoms with Crippen molar-refractivity contribution in [1.82, 2.24) is 0 Å². The molecule has 0 fully saturated rings. The predicted octanol–water partition coefficient (Wildman–Crippen LogP) is 4.04. The van der Waals surface area contributed by atoms with Gasteiger partial charge in [0, 0.05) is 6.61 Å². The van der Waals surface area contributed by atoms with Crippen LogP contribution >= 0.6 is 0 Å². The fourth-order valence-electron chi connectivity index (χ4n) is 2.04. The van der Waals surface area contributed by atoms with E-state index in [2.05, 4.69) is 25.1 Å². The molecule has 2 heteroatoms. The zero-order valence-corrected chi connectivity index (χ0v) is 11.5. The SMILES string of the molecule is C/C=C(\CCCCCCO)c1ccc(OC)cc1. The van der Waals surface area contributed by atoms with Gasteiger partial charge in [-0.05, 0) is 49.5 Å². The summed E-state index contributed by atoms with van der Waals surface area (Å²) in [6.45, 7) is 2.41. The molecule has 100 valence electrons. The van der Waals surface area contributed by atoms with E-state index in [0.717, 1.165) is 25.0 Å². The van der Waals surface area contributed by atoms with Gasteiger partial charge in [0.2, 0.25) is 0 Å². The lowest BCUT2D eigenvalue weighted by Gasteiger charge is -2.08. The molecule has 0 aliphatic rings. The molecule has 1 aromatic rings. The smallest absolute Gasteiger partial charge is 0.118 e. The predicted molar refractivity (Wildman–Crippen MR) is 76.8 cm³/mol. The molecule has 0 amide bonds. The van der Waals surface area contributed by atoms with Gasteiger partial charge < -0.3 is 9.84 Å². The van der Waals surface area contributed by atoms with Crippen molar-refractivity contribution in [2.75, 3.05) is 13.7 Å². The molecule has 1 aromatic carbocycles. The lowest BCUT2D eigenvalue weighted by atomic mass is 9.99. The van der Waals surface area contributed by atoms with Crippen LogP contribution in [0.3, 0.4) is 0 Å². The van der Waals surface area contributed by atoms with Crippen molar-refractivity contribution in [3.8, 4) is 5.75 Å². The Hall–Kier alpha value is -1.28. The van der Waals surface area contributed by atoms with E-state index < -0.39 is 0 Å². The lowest BCUT2D eigenvalue weighted by molar-refractivity contribution is 0.282. The summed E-state index contributed by atoms with van der Waals surface area (Å²) in [4.78, 5) is 0. The van der Waals surface area contributed by atoms with Crippen molar-refractivity contribution >= 4 is 5.57 Å². The van der Waals surface area contributed by atoms with E-state index in [1.165, 1.54) is 24.0 Å². The summed E-state index contributed by atoms with van der Waals surface area (Å²) in [5.74, 6) is 0.900. The average molecular weight is 248 g/mol. The quantitative estimate of drug-likeness (QED) is 0.703. The highest BCUT2D eigenvalue weighted by Crippen LogP contribution is 2.23. The van der Waals surface area contributed by atoms with E-state index in [4.69, 9.17) is 9.84 Å². The number of aliphatic hydroxyl groups excluding tert-OH is 1. The fraction of sp³-hybridized carbons (Fsp3) is 0.500. The Morgan fingerprint density at radius 3 is 2.33 bits per heavy atom. The Labute approximate surface area is 110 Å². The molecule has 1 rings (SSSR count).